The van der Waals surface area contributed by atoms with Crippen LogP contribution in [0.3, 0.4) is 0 Å². The molecule has 1 aliphatic carbocycles. The summed E-state index contributed by atoms with van der Waals surface area (Å²) in [4.78, 5) is 17.7. The molecule has 1 amide bonds. The van der Waals surface area contributed by atoms with Crippen LogP contribution in [0.4, 0.5) is 5.69 Å². The Kier molecular flexibility index (Phi) is 5.46. The molecule has 1 saturated carbocycles. The van der Waals surface area contributed by atoms with Crippen LogP contribution in [0.5, 0.6) is 0 Å². The number of hydrogen-bond acceptors (Lipinski definition) is 4. The summed E-state index contributed by atoms with van der Waals surface area (Å²) in [6, 6.07) is 10.7. The van der Waals surface area contributed by atoms with Crippen LogP contribution < -0.4 is 5.32 Å². The molecule has 3 aliphatic rings. The minimum atomic E-state index is 0.0891. The van der Waals surface area contributed by atoms with Crippen molar-refractivity contribution in [2.45, 2.75) is 50.1 Å². The van der Waals surface area contributed by atoms with Crippen LogP contribution in [-0.4, -0.2) is 66.7 Å². The highest BCUT2D eigenvalue weighted by Gasteiger charge is 2.43. The smallest absolute Gasteiger partial charge is 0.224 e. The molecule has 0 spiro atoms. The molecule has 0 radical (unpaired) electrons. The fourth-order valence-corrected chi connectivity index (χ4v) is 4.94. The predicted octanol–water partition coefficient (Wildman–Crippen LogP) is 2.73. The molecular weight excluding hydrogens is 326 g/mol. The number of nitrogens with one attached hydrogen (secondary N) is 1. The molecule has 1 unspecified atom stereocenters. The first-order valence-electron chi connectivity index (χ1n) is 10.2. The summed E-state index contributed by atoms with van der Waals surface area (Å²) in [6.07, 6.45) is 6.55. The minimum Gasteiger partial charge on any atom is -0.380 e. The van der Waals surface area contributed by atoms with Crippen LogP contribution in [0.25, 0.3) is 0 Å². The van der Waals surface area contributed by atoms with Gasteiger partial charge in [-0.1, -0.05) is 31.0 Å². The van der Waals surface area contributed by atoms with Gasteiger partial charge in [0.25, 0.3) is 0 Å². The van der Waals surface area contributed by atoms with Gasteiger partial charge in [0.15, 0.2) is 0 Å². The van der Waals surface area contributed by atoms with E-state index < -0.39 is 0 Å². The standard InChI is InChI=1S/C21H31N3O2/c25-20(16-21(9-4-5-10-21)24-12-14-26-15-13-24)23-11-8-19(17-23)22-18-6-2-1-3-7-18/h1-3,6-7,19,22H,4-5,8-17H2. The van der Waals surface area contributed by atoms with Crippen molar-refractivity contribution in [3.8, 4) is 0 Å². The number of ether oxygens (including phenoxy) is 1. The lowest BCUT2D eigenvalue weighted by molar-refractivity contribution is -0.134. The summed E-state index contributed by atoms with van der Waals surface area (Å²) in [7, 11) is 0. The quantitative estimate of drug-likeness (QED) is 0.880. The molecule has 1 N–H and O–H groups in total. The second-order valence-corrected chi connectivity index (χ2v) is 8.04. The van der Waals surface area contributed by atoms with Gasteiger partial charge in [-0.3, -0.25) is 9.69 Å². The van der Waals surface area contributed by atoms with Gasteiger partial charge < -0.3 is 15.0 Å². The SMILES string of the molecule is O=C(CC1(N2CCOCC2)CCCC1)N1CCC(Nc2ccccc2)C1. The van der Waals surface area contributed by atoms with E-state index in [2.05, 4.69) is 27.2 Å². The largest absolute Gasteiger partial charge is 0.380 e. The van der Waals surface area contributed by atoms with Gasteiger partial charge in [0, 0.05) is 49.9 Å². The number of amides is 1. The molecule has 1 aromatic rings. The second kappa shape index (κ2) is 7.97. The molecule has 0 aromatic heterocycles. The van der Waals surface area contributed by atoms with E-state index in [1.54, 1.807) is 0 Å². The van der Waals surface area contributed by atoms with E-state index >= 15 is 0 Å². The highest BCUT2D eigenvalue weighted by Crippen LogP contribution is 2.39. The number of para-hydroxylation sites is 1. The van der Waals surface area contributed by atoms with Gasteiger partial charge in [-0.15, -0.1) is 0 Å². The molecule has 1 aromatic carbocycles. The first kappa shape index (κ1) is 17.8. The van der Waals surface area contributed by atoms with Crippen molar-refractivity contribution in [1.29, 1.82) is 0 Å². The van der Waals surface area contributed by atoms with Gasteiger partial charge in [0.05, 0.1) is 13.2 Å². The summed E-state index contributed by atoms with van der Waals surface area (Å²) in [6.45, 7) is 5.28. The molecule has 0 bridgehead atoms. The molecular formula is C21H31N3O2. The van der Waals surface area contributed by atoms with E-state index in [0.29, 0.717) is 18.4 Å². The fraction of sp³-hybridized carbons (Fsp3) is 0.667. The van der Waals surface area contributed by atoms with Crippen molar-refractivity contribution < 1.29 is 9.53 Å². The number of likely N-dealkylation sites (tertiary alicyclic amines) is 1. The number of carbonyl (C=O) groups excluding carboxylic acids is 1. The number of anilines is 1. The molecule has 2 saturated heterocycles. The Morgan fingerprint density at radius 1 is 1.12 bits per heavy atom. The Bertz CT molecular complexity index is 595. The summed E-state index contributed by atoms with van der Waals surface area (Å²) in [5, 5.41) is 3.57. The van der Waals surface area contributed by atoms with Crippen molar-refractivity contribution in [2.75, 3.05) is 44.7 Å². The summed E-state index contributed by atoms with van der Waals surface area (Å²) < 4.78 is 5.53. The van der Waals surface area contributed by atoms with Crippen molar-refractivity contribution in [3.05, 3.63) is 30.3 Å². The van der Waals surface area contributed by atoms with E-state index in [1.165, 1.54) is 12.8 Å². The van der Waals surface area contributed by atoms with Gasteiger partial charge in [-0.25, -0.2) is 0 Å². The van der Waals surface area contributed by atoms with E-state index in [9.17, 15) is 4.79 Å². The number of hydrogen-bond donors (Lipinski definition) is 1. The maximum Gasteiger partial charge on any atom is 0.224 e. The summed E-state index contributed by atoms with van der Waals surface area (Å²) in [5.41, 5.74) is 1.23. The molecule has 2 aliphatic heterocycles. The lowest BCUT2D eigenvalue weighted by atomic mass is 9.89. The average molecular weight is 357 g/mol. The van der Waals surface area contributed by atoms with Crippen molar-refractivity contribution >= 4 is 11.6 Å². The highest BCUT2D eigenvalue weighted by molar-refractivity contribution is 5.78. The molecule has 4 rings (SSSR count). The van der Waals surface area contributed by atoms with Crippen molar-refractivity contribution in [3.63, 3.8) is 0 Å². The number of morpholine rings is 1. The zero-order chi connectivity index (χ0) is 17.8. The Labute approximate surface area is 156 Å². The van der Waals surface area contributed by atoms with Crippen LogP contribution in [0.2, 0.25) is 0 Å². The van der Waals surface area contributed by atoms with E-state index in [-0.39, 0.29) is 5.54 Å². The zero-order valence-electron chi connectivity index (χ0n) is 15.7. The summed E-state index contributed by atoms with van der Waals surface area (Å²) in [5.74, 6) is 0.343. The number of carbonyl (C=O) groups is 1. The Hall–Kier alpha value is -1.59. The Morgan fingerprint density at radius 3 is 2.58 bits per heavy atom. The van der Waals surface area contributed by atoms with Crippen LogP contribution >= 0.6 is 0 Å². The number of benzene rings is 1. The normalized spacial score (nSPS) is 26.2. The molecule has 3 fully saturated rings. The van der Waals surface area contributed by atoms with Gasteiger partial charge in [0.2, 0.25) is 5.91 Å². The summed E-state index contributed by atoms with van der Waals surface area (Å²) >= 11 is 0. The monoisotopic (exact) mass is 357 g/mol. The first-order valence-corrected chi connectivity index (χ1v) is 10.2. The van der Waals surface area contributed by atoms with Gasteiger partial charge >= 0.3 is 0 Å². The van der Waals surface area contributed by atoms with Gasteiger partial charge in [-0.05, 0) is 31.4 Å². The van der Waals surface area contributed by atoms with Crippen LogP contribution in [0.1, 0.15) is 38.5 Å². The Balaban J connectivity index is 1.35. The average Bonchev–Trinajstić information content (AvgIpc) is 3.34. The maximum atomic E-state index is 13.1. The van der Waals surface area contributed by atoms with Gasteiger partial charge in [-0.2, -0.15) is 0 Å². The third-order valence-electron chi connectivity index (χ3n) is 6.38. The van der Waals surface area contributed by atoms with Gasteiger partial charge in [0.1, 0.15) is 0 Å². The van der Waals surface area contributed by atoms with E-state index in [4.69, 9.17) is 4.74 Å². The second-order valence-electron chi connectivity index (χ2n) is 8.04. The lowest BCUT2D eigenvalue weighted by Crippen LogP contribution is -2.54. The molecule has 5 heteroatoms. The fourth-order valence-electron chi connectivity index (χ4n) is 4.94. The predicted molar refractivity (Wildman–Crippen MR) is 103 cm³/mol. The zero-order valence-corrected chi connectivity index (χ0v) is 15.7. The maximum absolute atomic E-state index is 13.1. The van der Waals surface area contributed by atoms with E-state index in [1.807, 2.05) is 18.2 Å². The number of rotatable bonds is 5. The topological polar surface area (TPSA) is 44.8 Å². The third kappa shape index (κ3) is 3.89. The first-order chi connectivity index (χ1) is 12.8. The Morgan fingerprint density at radius 2 is 1.85 bits per heavy atom. The van der Waals surface area contributed by atoms with Crippen LogP contribution in [0, 0.1) is 0 Å². The molecule has 26 heavy (non-hydrogen) atoms. The molecule has 2 heterocycles. The lowest BCUT2D eigenvalue weighted by Gasteiger charge is -2.43. The molecule has 142 valence electrons. The minimum absolute atomic E-state index is 0.0891. The number of nitrogens with zero attached hydrogens (tertiary/aromatic N) is 2. The highest BCUT2D eigenvalue weighted by atomic mass is 16.5. The van der Waals surface area contributed by atoms with Crippen LogP contribution in [-0.2, 0) is 9.53 Å². The van der Waals surface area contributed by atoms with Crippen molar-refractivity contribution in [1.82, 2.24) is 9.80 Å². The van der Waals surface area contributed by atoms with Crippen molar-refractivity contribution in [2.24, 2.45) is 0 Å². The third-order valence-corrected chi connectivity index (χ3v) is 6.38. The molecule has 5 nitrogen and oxygen atoms in total. The van der Waals surface area contributed by atoms with E-state index in [0.717, 1.165) is 64.3 Å². The molecule has 1 atom stereocenters. The van der Waals surface area contributed by atoms with Crippen LogP contribution in [0.15, 0.2) is 30.3 Å².